The van der Waals surface area contributed by atoms with Gasteiger partial charge in [-0.2, -0.15) is 0 Å². The number of furan rings is 1. The molecule has 1 aromatic heterocycles. The monoisotopic (exact) mass is 243 g/mol. The standard InChI is InChI=1S/C10H13NO4S/c1-7-9(2-4-15-7)10(12)11-8-3-5-16(13,14)6-8/h2,4,8H,3,5-6H2,1H3,(H,11,12)/t8-/m0/s1. The van der Waals surface area contributed by atoms with Gasteiger partial charge in [-0.25, -0.2) is 8.42 Å². The van der Waals surface area contributed by atoms with Crippen LogP contribution in [0.3, 0.4) is 0 Å². The smallest absolute Gasteiger partial charge is 0.255 e. The number of carbonyl (C=O) groups excluding carboxylic acids is 1. The van der Waals surface area contributed by atoms with Crippen molar-refractivity contribution in [3.8, 4) is 0 Å². The van der Waals surface area contributed by atoms with Gasteiger partial charge in [0.05, 0.1) is 23.3 Å². The van der Waals surface area contributed by atoms with E-state index < -0.39 is 9.84 Å². The molecule has 1 aliphatic rings. The second kappa shape index (κ2) is 3.93. The van der Waals surface area contributed by atoms with Crippen molar-refractivity contribution in [1.29, 1.82) is 0 Å². The Balaban J connectivity index is 2.02. The first-order valence-corrected chi connectivity index (χ1v) is 6.85. The van der Waals surface area contributed by atoms with E-state index in [0.29, 0.717) is 17.7 Å². The maximum atomic E-state index is 11.7. The summed E-state index contributed by atoms with van der Waals surface area (Å²) in [7, 11) is -2.96. The molecule has 1 atom stereocenters. The van der Waals surface area contributed by atoms with Gasteiger partial charge in [0.1, 0.15) is 5.76 Å². The summed E-state index contributed by atoms with van der Waals surface area (Å²) in [5, 5.41) is 2.70. The zero-order valence-corrected chi connectivity index (χ0v) is 9.71. The normalized spacial score (nSPS) is 23.2. The van der Waals surface area contributed by atoms with Crippen LogP contribution < -0.4 is 5.32 Å². The van der Waals surface area contributed by atoms with Crippen molar-refractivity contribution < 1.29 is 17.6 Å². The fourth-order valence-corrected chi connectivity index (χ4v) is 3.47. The van der Waals surface area contributed by atoms with E-state index in [9.17, 15) is 13.2 Å². The van der Waals surface area contributed by atoms with Crippen LogP contribution in [0.5, 0.6) is 0 Å². The molecule has 1 aromatic rings. The topological polar surface area (TPSA) is 76.4 Å². The Morgan fingerprint density at radius 1 is 1.56 bits per heavy atom. The molecule has 1 saturated heterocycles. The molecule has 0 aliphatic carbocycles. The van der Waals surface area contributed by atoms with Crippen LogP contribution in [-0.4, -0.2) is 31.9 Å². The Hall–Kier alpha value is -1.30. The SMILES string of the molecule is Cc1occc1C(=O)N[C@H]1CCS(=O)(=O)C1. The summed E-state index contributed by atoms with van der Waals surface area (Å²) in [6.45, 7) is 1.69. The van der Waals surface area contributed by atoms with Gasteiger partial charge < -0.3 is 9.73 Å². The van der Waals surface area contributed by atoms with E-state index in [1.54, 1.807) is 13.0 Å². The second-order valence-electron chi connectivity index (χ2n) is 3.96. The zero-order valence-electron chi connectivity index (χ0n) is 8.89. The third kappa shape index (κ3) is 2.27. The molecule has 2 heterocycles. The summed E-state index contributed by atoms with van der Waals surface area (Å²) in [6.07, 6.45) is 1.93. The number of nitrogens with one attached hydrogen (secondary N) is 1. The zero-order chi connectivity index (χ0) is 11.8. The molecule has 0 unspecified atom stereocenters. The maximum Gasteiger partial charge on any atom is 0.255 e. The summed E-state index contributed by atoms with van der Waals surface area (Å²) < 4.78 is 27.4. The fourth-order valence-electron chi connectivity index (χ4n) is 1.79. The predicted molar refractivity (Wildman–Crippen MR) is 58.0 cm³/mol. The highest BCUT2D eigenvalue weighted by Crippen LogP contribution is 2.13. The Morgan fingerprint density at radius 2 is 2.31 bits per heavy atom. The van der Waals surface area contributed by atoms with E-state index in [0.717, 1.165) is 0 Å². The van der Waals surface area contributed by atoms with Crippen LogP contribution in [0.15, 0.2) is 16.7 Å². The summed E-state index contributed by atoms with van der Waals surface area (Å²) in [4.78, 5) is 11.7. The van der Waals surface area contributed by atoms with Gasteiger partial charge in [0.25, 0.3) is 5.91 Å². The highest BCUT2D eigenvalue weighted by molar-refractivity contribution is 7.91. The van der Waals surface area contributed by atoms with Crippen molar-refractivity contribution in [2.24, 2.45) is 0 Å². The molecule has 0 spiro atoms. The van der Waals surface area contributed by atoms with Gasteiger partial charge in [-0.3, -0.25) is 4.79 Å². The van der Waals surface area contributed by atoms with E-state index in [2.05, 4.69) is 5.32 Å². The van der Waals surface area contributed by atoms with Crippen LogP contribution in [0.25, 0.3) is 0 Å². The first-order chi connectivity index (χ1) is 7.48. The number of hydrogen-bond donors (Lipinski definition) is 1. The van der Waals surface area contributed by atoms with Crippen molar-refractivity contribution in [3.05, 3.63) is 23.7 Å². The number of hydrogen-bond acceptors (Lipinski definition) is 4. The van der Waals surface area contributed by atoms with Crippen molar-refractivity contribution in [3.63, 3.8) is 0 Å². The molecule has 1 N–H and O–H groups in total. The second-order valence-corrected chi connectivity index (χ2v) is 6.19. The summed E-state index contributed by atoms with van der Waals surface area (Å²) in [6, 6.07) is 1.31. The van der Waals surface area contributed by atoms with Crippen LogP contribution in [0.1, 0.15) is 22.5 Å². The molecule has 2 rings (SSSR count). The number of amides is 1. The highest BCUT2D eigenvalue weighted by atomic mass is 32.2. The Morgan fingerprint density at radius 3 is 2.81 bits per heavy atom. The molecular formula is C10H13NO4S. The molecule has 88 valence electrons. The third-order valence-electron chi connectivity index (χ3n) is 2.67. The van der Waals surface area contributed by atoms with Gasteiger partial charge in [-0.15, -0.1) is 0 Å². The number of carbonyl (C=O) groups is 1. The molecule has 0 aromatic carbocycles. The average Bonchev–Trinajstić information content (AvgIpc) is 2.72. The summed E-state index contributed by atoms with van der Waals surface area (Å²) in [5.41, 5.74) is 0.462. The molecule has 5 nitrogen and oxygen atoms in total. The van der Waals surface area contributed by atoms with E-state index in [-0.39, 0.29) is 23.5 Å². The van der Waals surface area contributed by atoms with Crippen LogP contribution in [0, 0.1) is 6.92 Å². The summed E-state index contributed by atoms with van der Waals surface area (Å²) in [5.74, 6) is 0.463. The van der Waals surface area contributed by atoms with E-state index in [4.69, 9.17) is 4.42 Å². The molecule has 1 amide bonds. The molecule has 16 heavy (non-hydrogen) atoms. The Labute approximate surface area is 93.7 Å². The summed E-state index contributed by atoms with van der Waals surface area (Å²) >= 11 is 0. The van der Waals surface area contributed by atoms with Crippen LogP contribution >= 0.6 is 0 Å². The minimum Gasteiger partial charge on any atom is -0.469 e. The number of aryl methyl sites for hydroxylation is 1. The maximum absolute atomic E-state index is 11.7. The Bertz CT molecular complexity index is 503. The van der Waals surface area contributed by atoms with Crippen molar-refractivity contribution >= 4 is 15.7 Å². The average molecular weight is 243 g/mol. The van der Waals surface area contributed by atoms with Crippen molar-refractivity contribution in [2.75, 3.05) is 11.5 Å². The van der Waals surface area contributed by atoms with Crippen molar-refractivity contribution in [1.82, 2.24) is 5.32 Å². The lowest BCUT2D eigenvalue weighted by atomic mass is 10.2. The molecule has 0 radical (unpaired) electrons. The molecule has 0 bridgehead atoms. The van der Waals surface area contributed by atoms with Gasteiger partial charge >= 0.3 is 0 Å². The Kier molecular flexibility index (Phi) is 2.75. The van der Waals surface area contributed by atoms with Gasteiger partial charge in [-0.1, -0.05) is 0 Å². The van der Waals surface area contributed by atoms with E-state index >= 15 is 0 Å². The van der Waals surface area contributed by atoms with Gasteiger partial charge in [-0.05, 0) is 19.4 Å². The predicted octanol–water partition coefficient (Wildman–Crippen LogP) is 0.505. The molecular weight excluding hydrogens is 230 g/mol. The molecule has 1 aliphatic heterocycles. The van der Waals surface area contributed by atoms with E-state index in [1.165, 1.54) is 6.26 Å². The lowest BCUT2D eigenvalue weighted by Gasteiger charge is -2.09. The first kappa shape index (κ1) is 11.2. The largest absolute Gasteiger partial charge is 0.469 e. The molecule has 1 fully saturated rings. The fraction of sp³-hybridized carbons (Fsp3) is 0.500. The number of sulfone groups is 1. The highest BCUT2D eigenvalue weighted by Gasteiger charge is 2.29. The van der Waals surface area contributed by atoms with Gasteiger partial charge in [0, 0.05) is 6.04 Å². The minimum absolute atomic E-state index is 0.0373. The lowest BCUT2D eigenvalue weighted by molar-refractivity contribution is 0.0939. The van der Waals surface area contributed by atoms with E-state index in [1.807, 2.05) is 0 Å². The first-order valence-electron chi connectivity index (χ1n) is 5.03. The van der Waals surface area contributed by atoms with Crippen LogP contribution in [0.2, 0.25) is 0 Å². The molecule has 6 heteroatoms. The van der Waals surface area contributed by atoms with Gasteiger partial charge in [0.15, 0.2) is 9.84 Å². The lowest BCUT2D eigenvalue weighted by Crippen LogP contribution is -2.35. The van der Waals surface area contributed by atoms with Gasteiger partial charge in [0.2, 0.25) is 0 Å². The quantitative estimate of drug-likeness (QED) is 0.820. The number of rotatable bonds is 2. The third-order valence-corrected chi connectivity index (χ3v) is 4.44. The molecule has 0 saturated carbocycles. The van der Waals surface area contributed by atoms with Crippen molar-refractivity contribution in [2.45, 2.75) is 19.4 Å². The minimum atomic E-state index is -2.96. The van der Waals surface area contributed by atoms with Crippen LogP contribution in [-0.2, 0) is 9.84 Å². The van der Waals surface area contributed by atoms with Crippen LogP contribution in [0.4, 0.5) is 0 Å².